The van der Waals surface area contributed by atoms with Crippen molar-refractivity contribution in [3.8, 4) is 0 Å². The van der Waals surface area contributed by atoms with Gasteiger partial charge in [-0.3, -0.25) is 9.83 Å². The van der Waals surface area contributed by atoms with Gasteiger partial charge >= 0.3 is 0 Å². The summed E-state index contributed by atoms with van der Waals surface area (Å²) in [6.07, 6.45) is 0. The molecule has 0 spiro atoms. The molecule has 0 aliphatic carbocycles. The van der Waals surface area contributed by atoms with Crippen molar-refractivity contribution in [1.29, 1.82) is 0 Å². The first-order valence-electron chi connectivity index (χ1n) is 9.12. The van der Waals surface area contributed by atoms with Crippen LogP contribution in [0.4, 0.5) is 0 Å². The Bertz CT molecular complexity index is 1030. The predicted molar refractivity (Wildman–Crippen MR) is 114 cm³/mol. The van der Waals surface area contributed by atoms with Gasteiger partial charge in [-0.1, -0.05) is 29.5 Å². The maximum Gasteiger partial charge on any atom is 0.156 e. The van der Waals surface area contributed by atoms with E-state index in [2.05, 4.69) is 72.8 Å². The number of nitrogens with zero attached hydrogens (tertiary/aromatic N) is 3. The van der Waals surface area contributed by atoms with Crippen molar-refractivity contribution in [3.05, 3.63) is 68.5 Å². The fraction of sp³-hybridized carbons (Fsp3) is 0.286. The van der Waals surface area contributed by atoms with Crippen LogP contribution in [0, 0.1) is 27.7 Å². The third-order valence-electron chi connectivity index (χ3n) is 4.68. The lowest BCUT2D eigenvalue weighted by molar-refractivity contribution is 0.0627. The molecule has 7 heteroatoms. The molecule has 0 bridgehead atoms. The van der Waals surface area contributed by atoms with Gasteiger partial charge in [0.25, 0.3) is 0 Å². The molecule has 2 aromatic heterocycles. The van der Waals surface area contributed by atoms with Crippen molar-refractivity contribution < 1.29 is 4.84 Å². The van der Waals surface area contributed by atoms with E-state index in [0.717, 1.165) is 26.7 Å². The first-order valence-corrected chi connectivity index (χ1v) is 10.8. The zero-order valence-electron chi connectivity index (χ0n) is 16.3. The molecule has 4 rings (SSSR count). The molecule has 0 unspecified atom stereocenters. The van der Waals surface area contributed by atoms with Gasteiger partial charge in [-0.25, -0.2) is 5.48 Å². The van der Waals surface area contributed by atoms with Crippen LogP contribution < -0.4 is 5.48 Å². The topological polar surface area (TPSA) is 59.4 Å². The number of aryl methyl sites for hydroxylation is 3. The second-order valence-electron chi connectivity index (χ2n) is 6.86. The SMILES string of the molecule is Cc1ccc(Sc2nnc(C)c(C)c2C2=N[C@H](c3ccc(C)s3)CON2)cc1. The first-order chi connectivity index (χ1) is 13.5. The molecule has 1 aromatic carbocycles. The molecule has 0 fully saturated rings. The summed E-state index contributed by atoms with van der Waals surface area (Å²) in [6, 6.07) is 12.6. The van der Waals surface area contributed by atoms with E-state index in [0.29, 0.717) is 12.4 Å². The van der Waals surface area contributed by atoms with Gasteiger partial charge in [0.05, 0.1) is 11.3 Å². The molecule has 5 nitrogen and oxygen atoms in total. The van der Waals surface area contributed by atoms with Crippen molar-refractivity contribution in [3.63, 3.8) is 0 Å². The Morgan fingerprint density at radius 1 is 1.04 bits per heavy atom. The maximum atomic E-state index is 5.70. The van der Waals surface area contributed by atoms with Gasteiger partial charge in [-0.15, -0.1) is 16.4 Å². The fourth-order valence-corrected chi connectivity index (χ4v) is 4.79. The number of thiophene rings is 1. The van der Waals surface area contributed by atoms with Crippen molar-refractivity contribution in [2.75, 3.05) is 6.61 Å². The number of hydrogen-bond donors (Lipinski definition) is 1. The van der Waals surface area contributed by atoms with E-state index in [9.17, 15) is 0 Å². The summed E-state index contributed by atoms with van der Waals surface area (Å²) in [5.41, 5.74) is 7.15. The normalized spacial score (nSPS) is 16.6. The lowest BCUT2D eigenvalue weighted by atomic mass is 10.1. The molecule has 144 valence electrons. The molecule has 1 N–H and O–H groups in total. The number of amidine groups is 1. The summed E-state index contributed by atoms with van der Waals surface area (Å²) < 4.78 is 0. The number of aromatic nitrogens is 2. The summed E-state index contributed by atoms with van der Waals surface area (Å²) >= 11 is 3.35. The second-order valence-corrected chi connectivity index (χ2v) is 9.24. The highest BCUT2D eigenvalue weighted by molar-refractivity contribution is 7.99. The third kappa shape index (κ3) is 3.97. The minimum absolute atomic E-state index is 0.0138. The first kappa shape index (κ1) is 19.1. The van der Waals surface area contributed by atoms with Crippen molar-refractivity contribution >= 4 is 28.9 Å². The molecule has 1 atom stereocenters. The van der Waals surface area contributed by atoms with Crippen LogP contribution in [0.5, 0.6) is 0 Å². The molecule has 3 heterocycles. The number of hydroxylamine groups is 1. The largest absolute Gasteiger partial charge is 0.272 e. The summed E-state index contributed by atoms with van der Waals surface area (Å²) in [5.74, 6) is 0.715. The zero-order valence-corrected chi connectivity index (χ0v) is 17.9. The van der Waals surface area contributed by atoms with Crippen LogP contribution in [0.1, 0.15) is 38.2 Å². The van der Waals surface area contributed by atoms with Crippen molar-refractivity contribution in [2.24, 2.45) is 4.99 Å². The van der Waals surface area contributed by atoms with E-state index < -0.39 is 0 Å². The van der Waals surface area contributed by atoms with Crippen LogP contribution in [0.25, 0.3) is 0 Å². The highest BCUT2D eigenvalue weighted by Crippen LogP contribution is 2.33. The van der Waals surface area contributed by atoms with Crippen molar-refractivity contribution in [1.82, 2.24) is 15.7 Å². The van der Waals surface area contributed by atoms with Crippen LogP contribution in [0.15, 0.2) is 51.3 Å². The minimum Gasteiger partial charge on any atom is -0.272 e. The minimum atomic E-state index is -0.0138. The highest BCUT2D eigenvalue weighted by atomic mass is 32.2. The Hall–Kier alpha value is -2.22. The average molecular weight is 411 g/mol. The standard InChI is InChI=1S/C21H22N4OS2/c1-12-5-8-16(9-6-12)28-21-19(14(3)15(4)23-24-21)20-22-17(11-26-25-20)18-10-7-13(2)27-18/h5-10,17H,11H2,1-4H3,(H,22,25)/t17-/m0/s1. The van der Waals surface area contributed by atoms with Gasteiger partial charge in [0.15, 0.2) is 5.84 Å². The van der Waals surface area contributed by atoms with Crippen LogP contribution in [0.2, 0.25) is 0 Å². The molecular formula is C21H22N4OS2. The lowest BCUT2D eigenvalue weighted by Gasteiger charge is -2.23. The smallest absolute Gasteiger partial charge is 0.156 e. The van der Waals surface area contributed by atoms with Gasteiger partial charge in [0.1, 0.15) is 17.7 Å². The summed E-state index contributed by atoms with van der Waals surface area (Å²) in [7, 11) is 0. The van der Waals surface area contributed by atoms with Gasteiger partial charge in [-0.05, 0) is 57.5 Å². The molecule has 1 aliphatic rings. The monoisotopic (exact) mass is 410 g/mol. The Labute approximate surface area is 173 Å². The summed E-state index contributed by atoms with van der Waals surface area (Å²) in [5, 5.41) is 9.63. The zero-order chi connectivity index (χ0) is 19.7. The van der Waals surface area contributed by atoms with Crippen LogP contribution in [-0.2, 0) is 4.84 Å². The molecule has 0 amide bonds. The third-order valence-corrected chi connectivity index (χ3v) is 6.77. The van der Waals surface area contributed by atoms with E-state index in [1.54, 1.807) is 23.1 Å². The summed E-state index contributed by atoms with van der Waals surface area (Å²) in [4.78, 5) is 14.3. The number of aliphatic imine (C=N–C) groups is 1. The van der Waals surface area contributed by atoms with Crippen LogP contribution in [-0.4, -0.2) is 22.6 Å². The summed E-state index contributed by atoms with van der Waals surface area (Å²) in [6.45, 7) is 8.73. The van der Waals surface area contributed by atoms with Crippen molar-refractivity contribution in [2.45, 2.75) is 43.7 Å². The van der Waals surface area contributed by atoms with E-state index in [1.807, 2.05) is 6.92 Å². The predicted octanol–water partition coefficient (Wildman–Crippen LogP) is 4.95. The molecule has 1 aliphatic heterocycles. The molecule has 28 heavy (non-hydrogen) atoms. The molecule has 0 saturated carbocycles. The quantitative estimate of drug-likeness (QED) is 0.660. The van der Waals surface area contributed by atoms with E-state index in [4.69, 9.17) is 9.83 Å². The van der Waals surface area contributed by atoms with Gasteiger partial charge < -0.3 is 0 Å². The Morgan fingerprint density at radius 3 is 2.54 bits per heavy atom. The van der Waals surface area contributed by atoms with E-state index in [1.165, 1.54) is 15.3 Å². The number of rotatable bonds is 4. The Morgan fingerprint density at radius 2 is 1.82 bits per heavy atom. The number of nitrogens with one attached hydrogen (secondary N) is 1. The Kier molecular flexibility index (Phi) is 5.48. The van der Waals surface area contributed by atoms with Gasteiger partial charge in [-0.2, -0.15) is 5.10 Å². The van der Waals surface area contributed by atoms with Crippen LogP contribution >= 0.6 is 23.1 Å². The van der Waals surface area contributed by atoms with Gasteiger partial charge in [0, 0.05) is 14.6 Å². The molecule has 3 aromatic rings. The molecular weight excluding hydrogens is 388 g/mol. The van der Waals surface area contributed by atoms with E-state index in [-0.39, 0.29) is 6.04 Å². The second kappa shape index (κ2) is 8.03. The number of benzene rings is 1. The maximum absolute atomic E-state index is 5.70. The Balaban J connectivity index is 1.74. The fourth-order valence-electron chi connectivity index (χ4n) is 2.96. The van der Waals surface area contributed by atoms with E-state index >= 15 is 0 Å². The highest BCUT2D eigenvalue weighted by Gasteiger charge is 2.24. The average Bonchev–Trinajstić information content (AvgIpc) is 3.13. The van der Waals surface area contributed by atoms with Crippen LogP contribution in [0.3, 0.4) is 0 Å². The number of hydrogen-bond acceptors (Lipinski definition) is 7. The molecule has 0 saturated heterocycles. The molecule has 0 radical (unpaired) electrons. The lowest BCUT2D eigenvalue weighted by Crippen LogP contribution is -2.33. The van der Waals surface area contributed by atoms with Gasteiger partial charge in [0.2, 0.25) is 0 Å².